The van der Waals surface area contributed by atoms with Gasteiger partial charge in [-0.2, -0.15) is 0 Å². The Hall–Kier alpha value is -2.49. The van der Waals surface area contributed by atoms with E-state index in [1.165, 1.54) is 0 Å². The standard InChI is InChI=1S/C17H19NO3/c1-10-7-11(2)14(18)9-13(10)17(19)12-5-6-15(20-3)16(8-12)21-4/h5-9H,18H2,1-4H3. The maximum Gasteiger partial charge on any atom is 0.193 e. The first kappa shape index (κ1) is 14.9. The molecule has 0 aliphatic carbocycles. The molecule has 0 aliphatic rings. The average Bonchev–Trinajstić information content (AvgIpc) is 2.49. The normalized spacial score (nSPS) is 10.3. The second-order valence-electron chi connectivity index (χ2n) is 4.92. The quantitative estimate of drug-likeness (QED) is 0.692. The molecule has 0 fully saturated rings. The molecule has 2 rings (SSSR count). The summed E-state index contributed by atoms with van der Waals surface area (Å²) in [5.74, 6) is 1.04. The van der Waals surface area contributed by atoms with E-state index in [-0.39, 0.29) is 5.78 Å². The molecule has 0 saturated carbocycles. The van der Waals surface area contributed by atoms with Gasteiger partial charge in [0, 0.05) is 16.8 Å². The Morgan fingerprint density at radius 3 is 2.24 bits per heavy atom. The Kier molecular flexibility index (Phi) is 4.17. The smallest absolute Gasteiger partial charge is 0.193 e. The largest absolute Gasteiger partial charge is 0.493 e. The molecular formula is C17H19NO3. The van der Waals surface area contributed by atoms with E-state index < -0.39 is 0 Å². The Morgan fingerprint density at radius 2 is 1.62 bits per heavy atom. The summed E-state index contributed by atoms with van der Waals surface area (Å²) in [5, 5.41) is 0. The zero-order valence-corrected chi connectivity index (χ0v) is 12.7. The lowest BCUT2D eigenvalue weighted by molar-refractivity contribution is 0.103. The summed E-state index contributed by atoms with van der Waals surface area (Å²) in [5.41, 5.74) is 9.54. The lowest BCUT2D eigenvalue weighted by atomic mass is 9.96. The van der Waals surface area contributed by atoms with E-state index in [2.05, 4.69) is 0 Å². The number of methoxy groups -OCH3 is 2. The molecule has 0 radical (unpaired) electrons. The molecule has 4 nitrogen and oxygen atoms in total. The second kappa shape index (κ2) is 5.87. The van der Waals surface area contributed by atoms with Crippen LogP contribution in [0.25, 0.3) is 0 Å². The maximum absolute atomic E-state index is 12.6. The topological polar surface area (TPSA) is 61.5 Å². The number of rotatable bonds is 4. The molecule has 0 heterocycles. The van der Waals surface area contributed by atoms with Gasteiger partial charge in [0.05, 0.1) is 14.2 Å². The molecule has 21 heavy (non-hydrogen) atoms. The molecular weight excluding hydrogens is 266 g/mol. The third-order valence-electron chi connectivity index (χ3n) is 3.50. The summed E-state index contributed by atoms with van der Waals surface area (Å²) in [7, 11) is 3.10. The number of carbonyl (C=O) groups is 1. The van der Waals surface area contributed by atoms with Crippen molar-refractivity contribution in [3.63, 3.8) is 0 Å². The van der Waals surface area contributed by atoms with Gasteiger partial charge in [-0.25, -0.2) is 0 Å². The number of benzene rings is 2. The fourth-order valence-corrected chi connectivity index (χ4v) is 2.25. The number of hydrogen-bond donors (Lipinski definition) is 1. The zero-order valence-electron chi connectivity index (χ0n) is 12.7. The van der Waals surface area contributed by atoms with E-state index >= 15 is 0 Å². The first-order chi connectivity index (χ1) is 9.97. The van der Waals surface area contributed by atoms with Crippen LogP contribution in [0.4, 0.5) is 5.69 Å². The van der Waals surface area contributed by atoms with Gasteiger partial charge in [0.2, 0.25) is 0 Å². The molecule has 0 atom stereocenters. The van der Waals surface area contributed by atoms with Crippen LogP contribution in [0, 0.1) is 13.8 Å². The molecule has 0 unspecified atom stereocenters. The van der Waals surface area contributed by atoms with Crippen LogP contribution in [0.3, 0.4) is 0 Å². The Labute approximate surface area is 124 Å². The van der Waals surface area contributed by atoms with Crippen LogP contribution < -0.4 is 15.2 Å². The number of carbonyl (C=O) groups excluding carboxylic acids is 1. The highest BCUT2D eigenvalue weighted by Crippen LogP contribution is 2.29. The van der Waals surface area contributed by atoms with Crippen molar-refractivity contribution < 1.29 is 14.3 Å². The highest BCUT2D eigenvalue weighted by atomic mass is 16.5. The number of ether oxygens (including phenoxy) is 2. The monoisotopic (exact) mass is 285 g/mol. The van der Waals surface area contributed by atoms with Crippen molar-refractivity contribution in [3.05, 3.63) is 52.6 Å². The van der Waals surface area contributed by atoms with Crippen molar-refractivity contribution in [1.82, 2.24) is 0 Å². The fraction of sp³-hybridized carbons (Fsp3) is 0.235. The van der Waals surface area contributed by atoms with E-state index in [0.717, 1.165) is 11.1 Å². The predicted molar refractivity (Wildman–Crippen MR) is 83.3 cm³/mol. The highest BCUT2D eigenvalue weighted by molar-refractivity contribution is 6.10. The summed E-state index contributed by atoms with van der Waals surface area (Å²) in [4.78, 5) is 12.6. The summed E-state index contributed by atoms with van der Waals surface area (Å²) in [6.45, 7) is 3.83. The molecule has 110 valence electrons. The second-order valence-corrected chi connectivity index (χ2v) is 4.92. The molecule has 0 saturated heterocycles. The van der Waals surface area contributed by atoms with Crippen molar-refractivity contribution in [2.24, 2.45) is 0 Å². The third kappa shape index (κ3) is 2.84. The van der Waals surface area contributed by atoms with Crippen molar-refractivity contribution in [2.45, 2.75) is 13.8 Å². The van der Waals surface area contributed by atoms with Crippen LogP contribution in [0.2, 0.25) is 0 Å². The number of hydrogen-bond acceptors (Lipinski definition) is 4. The van der Waals surface area contributed by atoms with Gasteiger partial charge in [-0.05, 0) is 49.2 Å². The van der Waals surface area contributed by atoms with E-state index in [0.29, 0.717) is 28.3 Å². The summed E-state index contributed by atoms with van der Waals surface area (Å²) >= 11 is 0. The number of aryl methyl sites for hydroxylation is 2. The van der Waals surface area contributed by atoms with Crippen LogP contribution >= 0.6 is 0 Å². The van der Waals surface area contributed by atoms with Crippen LogP contribution in [0.15, 0.2) is 30.3 Å². The van der Waals surface area contributed by atoms with Crippen molar-refractivity contribution >= 4 is 11.5 Å². The zero-order chi connectivity index (χ0) is 15.6. The SMILES string of the molecule is COc1ccc(C(=O)c2cc(N)c(C)cc2C)cc1OC. The van der Waals surface area contributed by atoms with Crippen molar-refractivity contribution in [2.75, 3.05) is 20.0 Å². The van der Waals surface area contributed by atoms with Gasteiger partial charge in [-0.15, -0.1) is 0 Å². The summed E-state index contributed by atoms with van der Waals surface area (Å²) < 4.78 is 10.4. The van der Waals surface area contributed by atoms with Crippen LogP contribution in [-0.4, -0.2) is 20.0 Å². The lowest BCUT2D eigenvalue weighted by Crippen LogP contribution is -2.06. The van der Waals surface area contributed by atoms with Gasteiger partial charge in [-0.1, -0.05) is 6.07 Å². The summed E-state index contributed by atoms with van der Waals surface area (Å²) in [6, 6.07) is 8.77. The third-order valence-corrected chi connectivity index (χ3v) is 3.50. The minimum atomic E-state index is -0.0832. The number of anilines is 1. The first-order valence-corrected chi connectivity index (χ1v) is 6.61. The Morgan fingerprint density at radius 1 is 0.952 bits per heavy atom. The maximum atomic E-state index is 12.6. The Balaban J connectivity index is 2.47. The first-order valence-electron chi connectivity index (χ1n) is 6.61. The van der Waals surface area contributed by atoms with E-state index in [4.69, 9.17) is 15.2 Å². The molecule has 0 spiro atoms. The average molecular weight is 285 g/mol. The minimum Gasteiger partial charge on any atom is -0.493 e. The van der Waals surface area contributed by atoms with Crippen LogP contribution in [-0.2, 0) is 0 Å². The molecule has 0 aliphatic heterocycles. The molecule has 4 heteroatoms. The van der Waals surface area contributed by atoms with Gasteiger partial charge < -0.3 is 15.2 Å². The van der Waals surface area contributed by atoms with Crippen molar-refractivity contribution in [3.8, 4) is 11.5 Å². The van der Waals surface area contributed by atoms with E-state index in [1.54, 1.807) is 38.5 Å². The molecule has 2 aromatic carbocycles. The number of nitrogen functional groups attached to an aromatic ring is 1. The highest BCUT2D eigenvalue weighted by Gasteiger charge is 2.15. The predicted octanol–water partition coefficient (Wildman–Crippen LogP) is 3.13. The molecule has 0 amide bonds. The summed E-state index contributed by atoms with van der Waals surface area (Å²) in [6.07, 6.45) is 0. The molecule has 0 bridgehead atoms. The van der Waals surface area contributed by atoms with Gasteiger partial charge in [-0.3, -0.25) is 4.79 Å². The van der Waals surface area contributed by atoms with Gasteiger partial charge >= 0.3 is 0 Å². The lowest BCUT2D eigenvalue weighted by Gasteiger charge is -2.11. The van der Waals surface area contributed by atoms with Crippen LogP contribution in [0.1, 0.15) is 27.0 Å². The minimum absolute atomic E-state index is 0.0832. The Bertz CT molecular complexity index is 693. The molecule has 2 N–H and O–H groups in total. The van der Waals surface area contributed by atoms with E-state index in [1.807, 2.05) is 19.9 Å². The van der Waals surface area contributed by atoms with E-state index in [9.17, 15) is 4.79 Å². The fourth-order valence-electron chi connectivity index (χ4n) is 2.25. The van der Waals surface area contributed by atoms with Gasteiger partial charge in [0.15, 0.2) is 17.3 Å². The molecule has 2 aromatic rings. The van der Waals surface area contributed by atoms with Gasteiger partial charge in [0.1, 0.15) is 0 Å². The van der Waals surface area contributed by atoms with Crippen LogP contribution in [0.5, 0.6) is 11.5 Å². The number of nitrogens with two attached hydrogens (primary N) is 1. The molecule has 0 aromatic heterocycles. The van der Waals surface area contributed by atoms with Gasteiger partial charge in [0.25, 0.3) is 0 Å². The number of ketones is 1. The van der Waals surface area contributed by atoms with Crippen molar-refractivity contribution in [1.29, 1.82) is 0 Å².